The molecule has 1 aliphatic heterocycles. The van der Waals surface area contributed by atoms with Crippen molar-refractivity contribution in [2.45, 2.75) is 25.8 Å². The number of nitrogens with zero attached hydrogens (tertiary/aromatic N) is 1. The molecule has 0 bridgehead atoms. The Labute approximate surface area is 88.5 Å². The van der Waals surface area contributed by atoms with E-state index >= 15 is 0 Å². The van der Waals surface area contributed by atoms with Gasteiger partial charge in [0, 0.05) is 18.0 Å². The lowest BCUT2D eigenvalue weighted by molar-refractivity contribution is 0.362. The molecule has 1 aliphatic rings. The van der Waals surface area contributed by atoms with Crippen molar-refractivity contribution in [2.75, 3.05) is 11.5 Å². The van der Waals surface area contributed by atoms with Gasteiger partial charge in [-0.3, -0.25) is 0 Å². The number of hydrogen-bond donors (Lipinski definition) is 1. The predicted octanol–water partition coefficient (Wildman–Crippen LogP) is 0.344. The second-order valence-corrected chi connectivity index (χ2v) is 6.14. The molecule has 0 aliphatic carbocycles. The molecule has 2 rings (SSSR count). The summed E-state index contributed by atoms with van der Waals surface area (Å²) in [4.78, 5) is 0. The minimum absolute atomic E-state index is 0.0604. The maximum absolute atomic E-state index is 11.3. The molecule has 1 saturated heterocycles. The molecule has 0 aromatic carbocycles. The standard InChI is InChI=1S/C9H14N2O3S/c1-6-8(4-10)9(14-11-6)7-2-3-15(12,13)5-7/h7H,2-5,10H2,1H3. The van der Waals surface area contributed by atoms with E-state index in [1.165, 1.54) is 0 Å². The van der Waals surface area contributed by atoms with Gasteiger partial charge in [-0.25, -0.2) is 8.42 Å². The van der Waals surface area contributed by atoms with Crippen LogP contribution in [0.5, 0.6) is 0 Å². The molecule has 0 radical (unpaired) electrons. The summed E-state index contributed by atoms with van der Waals surface area (Å²) in [6.07, 6.45) is 0.615. The van der Waals surface area contributed by atoms with Crippen molar-refractivity contribution < 1.29 is 12.9 Å². The lowest BCUT2D eigenvalue weighted by atomic mass is 10.0. The van der Waals surface area contributed by atoms with E-state index in [0.717, 1.165) is 11.3 Å². The molecular formula is C9H14N2O3S. The zero-order chi connectivity index (χ0) is 11.1. The summed E-state index contributed by atoms with van der Waals surface area (Å²) < 4.78 is 27.8. The Morgan fingerprint density at radius 1 is 1.60 bits per heavy atom. The molecule has 6 heteroatoms. The Hall–Kier alpha value is -0.880. The van der Waals surface area contributed by atoms with Crippen molar-refractivity contribution in [2.24, 2.45) is 5.73 Å². The average Bonchev–Trinajstić information content (AvgIpc) is 2.69. The second kappa shape index (κ2) is 3.61. The van der Waals surface area contributed by atoms with E-state index in [0.29, 0.717) is 18.7 Å². The third kappa shape index (κ3) is 1.91. The van der Waals surface area contributed by atoms with Gasteiger partial charge in [-0.05, 0) is 13.3 Å². The van der Waals surface area contributed by atoms with Gasteiger partial charge in [0.25, 0.3) is 0 Å². The van der Waals surface area contributed by atoms with Gasteiger partial charge in [0.1, 0.15) is 5.76 Å². The number of rotatable bonds is 2. The summed E-state index contributed by atoms with van der Waals surface area (Å²) in [7, 11) is -2.89. The third-order valence-electron chi connectivity index (χ3n) is 2.82. The maximum atomic E-state index is 11.3. The molecule has 2 heterocycles. The van der Waals surface area contributed by atoms with E-state index < -0.39 is 9.84 Å². The number of nitrogens with two attached hydrogens (primary N) is 1. The molecule has 0 spiro atoms. The fourth-order valence-electron chi connectivity index (χ4n) is 1.98. The Morgan fingerprint density at radius 3 is 2.87 bits per heavy atom. The highest BCUT2D eigenvalue weighted by molar-refractivity contribution is 7.91. The van der Waals surface area contributed by atoms with E-state index in [9.17, 15) is 8.42 Å². The largest absolute Gasteiger partial charge is 0.360 e. The van der Waals surface area contributed by atoms with Crippen LogP contribution >= 0.6 is 0 Å². The molecule has 1 aromatic heterocycles. The first-order chi connectivity index (χ1) is 7.03. The Balaban J connectivity index is 2.31. The first-order valence-electron chi connectivity index (χ1n) is 4.89. The molecule has 2 N–H and O–H groups in total. The zero-order valence-electron chi connectivity index (χ0n) is 8.56. The summed E-state index contributed by atoms with van der Waals surface area (Å²) in [5.41, 5.74) is 7.20. The van der Waals surface area contributed by atoms with E-state index in [1.54, 1.807) is 0 Å². The van der Waals surface area contributed by atoms with Crippen LogP contribution in [0.2, 0.25) is 0 Å². The summed E-state index contributed by atoms with van der Waals surface area (Å²) in [6.45, 7) is 2.17. The van der Waals surface area contributed by atoms with Crippen LogP contribution in [-0.2, 0) is 16.4 Å². The van der Waals surface area contributed by atoms with Crippen molar-refractivity contribution in [3.63, 3.8) is 0 Å². The number of sulfone groups is 1. The molecule has 84 valence electrons. The molecule has 0 amide bonds. The smallest absolute Gasteiger partial charge is 0.151 e. The first kappa shape index (κ1) is 10.6. The van der Waals surface area contributed by atoms with Gasteiger partial charge in [0.05, 0.1) is 17.2 Å². The second-order valence-electron chi connectivity index (χ2n) is 3.91. The van der Waals surface area contributed by atoms with Gasteiger partial charge in [-0.2, -0.15) is 0 Å². The van der Waals surface area contributed by atoms with Crippen LogP contribution in [0.3, 0.4) is 0 Å². The van der Waals surface area contributed by atoms with E-state index in [2.05, 4.69) is 5.16 Å². The highest BCUT2D eigenvalue weighted by Gasteiger charge is 2.33. The van der Waals surface area contributed by atoms with Gasteiger partial charge in [0.2, 0.25) is 0 Å². The quantitative estimate of drug-likeness (QED) is 0.792. The van der Waals surface area contributed by atoms with Crippen LogP contribution in [0.25, 0.3) is 0 Å². The van der Waals surface area contributed by atoms with E-state index in [4.69, 9.17) is 10.3 Å². The summed E-state index contributed by atoms with van der Waals surface area (Å²) in [6, 6.07) is 0. The molecule has 1 unspecified atom stereocenters. The zero-order valence-corrected chi connectivity index (χ0v) is 9.38. The Bertz CT molecular complexity index is 464. The lowest BCUT2D eigenvalue weighted by Crippen LogP contribution is -2.07. The fraction of sp³-hybridized carbons (Fsp3) is 0.667. The van der Waals surface area contributed by atoms with Crippen LogP contribution in [0.15, 0.2) is 4.52 Å². The van der Waals surface area contributed by atoms with Gasteiger partial charge in [0.15, 0.2) is 9.84 Å². The van der Waals surface area contributed by atoms with Gasteiger partial charge >= 0.3 is 0 Å². The molecular weight excluding hydrogens is 216 g/mol. The SMILES string of the molecule is Cc1noc(C2CCS(=O)(=O)C2)c1CN. The summed E-state index contributed by atoms with van der Waals surface area (Å²) in [5.74, 6) is 1.00. The Kier molecular flexibility index (Phi) is 2.56. The lowest BCUT2D eigenvalue weighted by Gasteiger charge is -2.04. The molecule has 0 saturated carbocycles. The third-order valence-corrected chi connectivity index (χ3v) is 4.59. The van der Waals surface area contributed by atoms with Gasteiger partial charge in [-0.15, -0.1) is 0 Å². The number of aryl methyl sites for hydroxylation is 1. The van der Waals surface area contributed by atoms with Gasteiger partial charge < -0.3 is 10.3 Å². The molecule has 1 aromatic rings. The molecule has 15 heavy (non-hydrogen) atoms. The average molecular weight is 230 g/mol. The van der Waals surface area contributed by atoms with Crippen LogP contribution in [-0.4, -0.2) is 25.1 Å². The van der Waals surface area contributed by atoms with Crippen molar-refractivity contribution >= 4 is 9.84 Å². The van der Waals surface area contributed by atoms with E-state index in [-0.39, 0.29) is 17.4 Å². The minimum atomic E-state index is -2.89. The number of hydrogen-bond acceptors (Lipinski definition) is 5. The van der Waals surface area contributed by atoms with Crippen molar-refractivity contribution in [3.8, 4) is 0 Å². The normalized spacial score (nSPS) is 24.5. The van der Waals surface area contributed by atoms with Crippen LogP contribution in [0.4, 0.5) is 0 Å². The monoisotopic (exact) mass is 230 g/mol. The molecule has 1 atom stereocenters. The Morgan fingerprint density at radius 2 is 2.33 bits per heavy atom. The molecule has 1 fully saturated rings. The van der Waals surface area contributed by atoms with Crippen molar-refractivity contribution in [1.82, 2.24) is 5.16 Å². The van der Waals surface area contributed by atoms with Crippen LogP contribution < -0.4 is 5.73 Å². The van der Waals surface area contributed by atoms with E-state index in [1.807, 2.05) is 6.92 Å². The highest BCUT2D eigenvalue weighted by atomic mass is 32.2. The van der Waals surface area contributed by atoms with Crippen molar-refractivity contribution in [1.29, 1.82) is 0 Å². The summed E-state index contributed by atoms with van der Waals surface area (Å²) >= 11 is 0. The van der Waals surface area contributed by atoms with Crippen molar-refractivity contribution in [3.05, 3.63) is 17.0 Å². The minimum Gasteiger partial charge on any atom is -0.360 e. The molecule has 5 nitrogen and oxygen atoms in total. The first-order valence-corrected chi connectivity index (χ1v) is 6.71. The number of aromatic nitrogens is 1. The fourth-order valence-corrected chi connectivity index (χ4v) is 3.72. The van der Waals surface area contributed by atoms with Gasteiger partial charge in [-0.1, -0.05) is 5.16 Å². The van der Waals surface area contributed by atoms with Crippen LogP contribution in [0.1, 0.15) is 29.4 Å². The predicted molar refractivity (Wildman–Crippen MR) is 55.1 cm³/mol. The maximum Gasteiger partial charge on any atom is 0.151 e. The van der Waals surface area contributed by atoms with Crippen LogP contribution in [0, 0.1) is 6.92 Å². The highest BCUT2D eigenvalue weighted by Crippen LogP contribution is 2.31. The topological polar surface area (TPSA) is 86.2 Å². The summed E-state index contributed by atoms with van der Waals surface area (Å²) in [5, 5.41) is 3.83.